The molecular formula is C6H5BrClNS. The largest absolute Gasteiger partial charge is 0.248 e. The summed E-state index contributed by atoms with van der Waals surface area (Å²) in [7, 11) is 0. The van der Waals surface area contributed by atoms with Crippen LogP contribution in [0.1, 0.15) is 0 Å². The summed E-state index contributed by atoms with van der Waals surface area (Å²) in [5.41, 5.74) is 0. The van der Waals surface area contributed by atoms with Crippen molar-refractivity contribution in [1.29, 1.82) is 0 Å². The zero-order valence-corrected chi connectivity index (χ0v) is 8.42. The van der Waals surface area contributed by atoms with Gasteiger partial charge in [-0.05, 0) is 28.3 Å². The summed E-state index contributed by atoms with van der Waals surface area (Å²) in [6, 6.07) is 1.89. The Labute approximate surface area is 77.3 Å². The van der Waals surface area contributed by atoms with E-state index in [1.165, 1.54) is 0 Å². The molecule has 1 aromatic heterocycles. The topological polar surface area (TPSA) is 12.9 Å². The lowest BCUT2D eigenvalue weighted by molar-refractivity contribution is 1.22. The molecular weight excluding hydrogens is 233 g/mol. The van der Waals surface area contributed by atoms with Gasteiger partial charge in [-0.15, -0.1) is 11.8 Å². The van der Waals surface area contributed by atoms with Gasteiger partial charge in [0.25, 0.3) is 0 Å². The molecule has 1 heterocycles. The molecule has 54 valence electrons. The average Bonchev–Trinajstić information content (AvgIpc) is 1.95. The van der Waals surface area contributed by atoms with Gasteiger partial charge in [0.15, 0.2) is 0 Å². The first-order chi connectivity index (χ1) is 4.75. The van der Waals surface area contributed by atoms with E-state index in [2.05, 4.69) is 20.9 Å². The summed E-state index contributed by atoms with van der Waals surface area (Å²) in [5.74, 6) is 0. The minimum atomic E-state index is 0.690. The summed E-state index contributed by atoms with van der Waals surface area (Å²) in [6.45, 7) is 0. The lowest BCUT2D eigenvalue weighted by atomic mass is 10.5. The maximum absolute atomic E-state index is 5.86. The van der Waals surface area contributed by atoms with E-state index in [1.807, 2.05) is 12.3 Å². The van der Waals surface area contributed by atoms with E-state index in [-0.39, 0.29) is 0 Å². The van der Waals surface area contributed by atoms with Crippen LogP contribution in [0.5, 0.6) is 0 Å². The summed E-state index contributed by atoms with van der Waals surface area (Å²) >= 11 is 10.7. The van der Waals surface area contributed by atoms with Crippen molar-refractivity contribution in [2.75, 3.05) is 6.26 Å². The first kappa shape index (κ1) is 8.37. The lowest BCUT2D eigenvalue weighted by Gasteiger charge is -1.99. The molecule has 0 saturated carbocycles. The Bertz CT molecular complexity index is 241. The third kappa shape index (κ3) is 1.65. The van der Waals surface area contributed by atoms with Gasteiger partial charge in [0, 0.05) is 11.1 Å². The van der Waals surface area contributed by atoms with E-state index >= 15 is 0 Å². The number of aromatic nitrogens is 1. The van der Waals surface area contributed by atoms with Crippen LogP contribution in [0.2, 0.25) is 5.02 Å². The van der Waals surface area contributed by atoms with Crippen LogP contribution in [0, 0.1) is 0 Å². The molecule has 1 nitrogen and oxygen atoms in total. The molecule has 0 N–H and O–H groups in total. The second-order valence-corrected chi connectivity index (χ2v) is 3.60. The Kier molecular flexibility index (Phi) is 3.01. The maximum Gasteiger partial charge on any atom is 0.125 e. The molecule has 0 saturated heterocycles. The van der Waals surface area contributed by atoms with Crippen molar-refractivity contribution < 1.29 is 0 Å². The zero-order valence-electron chi connectivity index (χ0n) is 5.27. The van der Waals surface area contributed by atoms with Crippen molar-refractivity contribution in [2.24, 2.45) is 0 Å². The van der Waals surface area contributed by atoms with Gasteiger partial charge in [-0.25, -0.2) is 4.98 Å². The first-order valence-electron chi connectivity index (χ1n) is 2.59. The fourth-order valence-corrected chi connectivity index (χ4v) is 1.84. The van der Waals surface area contributed by atoms with E-state index in [1.54, 1.807) is 18.0 Å². The Hall–Kier alpha value is 0.270. The normalized spacial score (nSPS) is 9.90. The molecule has 1 aromatic rings. The van der Waals surface area contributed by atoms with Crippen molar-refractivity contribution in [1.82, 2.24) is 4.98 Å². The highest BCUT2D eigenvalue weighted by Gasteiger charge is 2.01. The van der Waals surface area contributed by atoms with Crippen molar-refractivity contribution in [3.63, 3.8) is 0 Å². The highest BCUT2D eigenvalue weighted by molar-refractivity contribution is 9.10. The number of hydrogen-bond donors (Lipinski definition) is 0. The molecule has 0 aliphatic heterocycles. The van der Waals surface area contributed by atoms with Crippen molar-refractivity contribution in [3.05, 3.63) is 21.9 Å². The molecule has 0 unspecified atom stereocenters. The van der Waals surface area contributed by atoms with Gasteiger partial charge in [0.2, 0.25) is 0 Å². The van der Waals surface area contributed by atoms with Gasteiger partial charge in [-0.2, -0.15) is 0 Å². The highest BCUT2D eigenvalue weighted by atomic mass is 79.9. The second kappa shape index (κ2) is 3.60. The van der Waals surface area contributed by atoms with Crippen LogP contribution < -0.4 is 0 Å². The van der Waals surface area contributed by atoms with Gasteiger partial charge in [0.1, 0.15) is 4.60 Å². The molecule has 0 aliphatic carbocycles. The van der Waals surface area contributed by atoms with E-state index < -0.39 is 0 Å². The molecule has 1 rings (SSSR count). The number of pyridine rings is 1. The molecule has 0 atom stereocenters. The maximum atomic E-state index is 5.86. The summed E-state index contributed by atoms with van der Waals surface area (Å²) in [6.07, 6.45) is 3.70. The predicted octanol–water partition coefficient (Wildman–Crippen LogP) is 3.22. The van der Waals surface area contributed by atoms with Gasteiger partial charge in [-0.3, -0.25) is 0 Å². The molecule has 0 aromatic carbocycles. The first-order valence-corrected chi connectivity index (χ1v) is 4.99. The van der Waals surface area contributed by atoms with Gasteiger partial charge >= 0.3 is 0 Å². The van der Waals surface area contributed by atoms with Crippen LogP contribution in [0.4, 0.5) is 0 Å². The molecule has 0 spiro atoms. The zero-order chi connectivity index (χ0) is 7.56. The fraction of sp³-hybridized carbons (Fsp3) is 0.167. The SMILES string of the molecule is CSc1ccnc(Br)c1Cl. The van der Waals surface area contributed by atoms with Crippen LogP contribution >= 0.6 is 39.3 Å². The number of hydrogen-bond acceptors (Lipinski definition) is 2. The average molecular weight is 239 g/mol. The monoisotopic (exact) mass is 237 g/mol. The Morgan fingerprint density at radius 3 is 2.90 bits per heavy atom. The van der Waals surface area contributed by atoms with Crippen LogP contribution in [0.25, 0.3) is 0 Å². The van der Waals surface area contributed by atoms with Crippen molar-refractivity contribution in [3.8, 4) is 0 Å². The van der Waals surface area contributed by atoms with Crippen molar-refractivity contribution in [2.45, 2.75) is 4.90 Å². The second-order valence-electron chi connectivity index (χ2n) is 1.62. The number of thioether (sulfide) groups is 1. The quantitative estimate of drug-likeness (QED) is 0.550. The Morgan fingerprint density at radius 1 is 1.70 bits per heavy atom. The molecule has 0 aliphatic rings. The van der Waals surface area contributed by atoms with E-state index in [0.717, 1.165) is 4.90 Å². The lowest BCUT2D eigenvalue weighted by Crippen LogP contribution is -1.78. The molecule has 0 bridgehead atoms. The third-order valence-electron chi connectivity index (χ3n) is 1.03. The molecule has 0 amide bonds. The smallest absolute Gasteiger partial charge is 0.125 e. The summed E-state index contributed by atoms with van der Waals surface area (Å²) in [5, 5.41) is 0.690. The predicted molar refractivity (Wildman–Crippen MR) is 48.7 cm³/mol. The number of rotatable bonds is 1. The molecule has 10 heavy (non-hydrogen) atoms. The van der Waals surface area contributed by atoms with Gasteiger partial charge in [-0.1, -0.05) is 11.6 Å². The number of halogens is 2. The Morgan fingerprint density at radius 2 is 2.40 bits per heavy atom. The summed E-state index contributed by atoms with van der Waals surface area (Å²) < 4.78 is 0.709. The standard InChI is InChI=1S/C6H5BrClNS/c1-10-4-2-3-9-6(7)5(4)8/h2-3H,1H3. The summed E-state index contributed by atoms with van der Waals surface area (Å²) in [4.78, 5) is 5.00. The molecule has 4 heteroatoms. The fourth-order valence-electron chi connectivity index (χ4n) is 0.560. The highest BCUT2D eigenvalue weighted by Crippen LogP contribution is 2.29. The van der Waals surface area contributed by atoms with Crippen LogP contribution in [0.3, 0.4) is 0 Å². The van der Waals surface area contributed by atoms with Crippen LogP contribution in [-0.4, -0.2) is 11.2 Å². The van der Waals surface area contributed by atoms with Gasteiger partial charge in [0.05, 0.1) is 5.02 Å². The molecule has 0 radical (unpaired) electrons. The molecule has 0 fully saturated rings. The number of nitrogens with zero attached hydrogens (tertiary/aromatic N) is 1. The third-order valence-corrected chi connectivity index (χ3v) is 3.14. The van der Waals surface area contributed by atoms with Crippen molar-refractivity contribution >= 4 is 39.3 Å². The van der Waals surface area contributed by atoms with Crippen LogP contribution in [-0.2, 0) is 0 Å². The minimum Gasteiger partial charge on any atom is -0.248 e. The van der Waals surface area contributed by atoms with Crippen LogP contribution in [0.15, 0.2) is 21.8 Å². The minimum absolute atomic E-state index is 0.690. The van der Waals surface area contributed by atoms with E-state index in [4.69, 9.17) is 11.6 Å². The van der Waals surface area contributed by atoms with Gasteiger partial charge < -0.3 is 0 Å². The van der Waals surface area contributed by atoms with E-state index in [0.29, 0.717) is 9.63 Å². The Balaban J connectivity index is 3.14. The van der Waals surface area contributed by atoms with E-state index in [9.17, 15) is 0 Å².